The Labute approximate surface area is 122 Å². The van der Waals surface area contributed by atoms with Crippen LogP contribution in [0.1, 0.15) is 34.6 Å². The molecule has 0 rings (SSSR count). The first-order valence-electron chi connectivity index (χ1n) is 4.93. The van der Waals surface area contributed by atoms with Gasteiger partial charge in [0.2, 0.25) is 0 Å². The van der Waals surface area contributed by atoms with E-state index in [-0.39, 0.29) is 23.5 Å². The topological polar surface area (TPSA) is 0 Å². The molecule has 0 radical (unpaired) electrons. The van der Waals surface area contributed by atoms with Gasteiger partial charge in [0.15, 0.2) is 0 Å². The average molecular weight is 310 g/mol. The van der Waals surface area contributed by atoms with Crippen molar-refractivity contribution in [2.24, 2.45) is 0 Å². The molecule has 0 aliphatic heterocycles. The van der Waals surface area contributed by atoms with Crippen LogP contribution in [0.25, 0.3) is 0 Å². The lowest BCUT2D eigenvalue weighted by Gasteiger charge is -1.31. The van der Waals surface area contributed by atoms with Crippen molar-refractivity contribution in [2.75, 3.05) is 0 Å². The largest absolute Gasteiger partial charge is 0.269 e. The molecule has 0 saturated carbocycles. The van der Waals surface area contributed by atoms with Gasteiger partial charge in [-0.15, -0.1) is 32.9 Å². The van der Waals surface area contributed by atoms with Crippen LogP contribution in [0.2, 0.25) is 0 Å². The molecule has 0 unspecified atom stereocenters. The van der Waals surface area contributed by atoms with E-state index < -0.39 is 0 Å². The highest BCUT2D eigenvalue weighted by Gasteiger charge is 1.16. The maximum absolute atomic E-state index is 3.36. The Morgan fingerprint density at radius 1 is 0.350 bits per heavy atom. The minimum absolute atomic E-state index is 0. The second-order valence-corrected chi connectivity index (χ2v) is 2.04. The van der Waals surface area contributed by atoms with Gasteiger partial charge >= 0.3 is 0 Å². The van der Waals surface area contributed by atoms with E-state index in [1.54, 1.807) is 30.4 Å². The summed E-state index contributed by atoms with van der Waals surface area (Å²) < 4.78 is 0. The summed E-state index contributed by atoms with van der Waals surface area (Å²) in [6.07, 6.45) is 8.75. The third-order valence-corrected chi connectivity index (χ3v) is 0. The number of rotatable bonds is 0. The molecule has 0 bridgehead atoms. The molecule has 0 saturated heterocycles. The van der Waals surface area contributed by atoms with Crippen LogP contribution >= 0.6 is 0 Å². The molecule has 0 aliphatic rings. The molecule has 0 spiro atoms. The molecule has 0 amide bonds. The van der Waals surface area contributed by atoms with Gasteiger partial charge in [0, 0.05) is 0 Å². The van der Waals surface area contributed by atoms with Gasteiger partial charge in [-0.05, 0) is 34.6 Å². The lowest BCUT2D eigenvalue weighted by Crippen LogP contribution is -1.07. The van der Waals surface area contributed by atoms with E-state index in [0.29, 0.717) is 0 Å². The van der Waals surface area contributed by atoms with Gasteiger partial charge in [-0.2, -0.15) is 0 Å². The second kappa shape index (κ2) is 413. The maximum Gasteiger partial charge on any atom is -0.0473 e. The molecule has 0 aromatic heterocycles. The van der Waals surface area contributed by atoms with Crippen molar-refractivity contribution in [2.45, 2.75) is 34.6 Å². The fraction of sp³-hybridized carbons (Fsp3) is 0.333. The van der Waals surface area contributed by atoms with Gasteiger partial charge < -0.3 is 0 Å². The third-order valence-electron chi connectivity index (χ3n) is 0. The Kier molecular flexibility index (Phi) is 1640. The molecule has 0 aliphatic carbocycles. The minimum atomic E-state index is 0. The van der Waals surface area contributed by atoms with Crippen molar-refractivity contribution in [3.8, 4) is 0 Å². The van der Waals surface area contributed by atoms with E-state index in [1.807, 2.05) is 34.6 Å². The summed E-state index contributed by atoms with van der Waals surface area (Å²) in [7, 11) is 0. The maximum atomic E-state index is 3.36. The van der Waals surface area contributed by atoms with Crippen molar-refractivity contribution in [1.29, 1.82) is 0 Å². The van der Waals surface area contributed by atoms with Gasteiger partial charge in [-0.3, -0.25) is 23.5 Å². The van der Waals surface area contributed by atoms with Gasteiger partial charge in [0.25, 0.3) is 0 Å². The summed E-state index contributed by atoms with van der Waals surface area (Å²) in [5.74, 6) is 0. The summed E-state index contributed by atoms with van der Waals surface area (Å²) in [4.78, 5) is 0. The van der Waals surface area contributed by atoms with Crippen molar-refractivity contribution in [1.82, 2.24) is 0 Å². The standard InChI is InChI=1S/5C3H6.5FH/c5*1-3-2;;;;;/h5*3H,1H2,2H3;5*1H. The summed E-state index contributed by atoms with van der Waals surface area (Å²) >= 11 is 0. The Morgan fingerprint density at radius 2 is 0.350 bits per heavy atom. The highest BCUT2D eigenvalue weighted by Crippen LogP contribution is 1.39. The smallest absolute Gasteiger partial charge is 0.0473 e. The summed E-state index contributed by atoms with van der Waals surface area (Å²) in [5, 5.41) is 0. The van der Waals surface area contributed by atoms with E-state index in [2.05, 4.69) is 32.9 Å². The quantitative estimate of drug-likeness (QED) is 0.344. The summed E-state index contributed by atoms with van der Waals surface area (Å²) in [6, 6.07) is 0. The van der Waals surface area contributed by atoms with Crippen molar-refractivity contribution >= 4 is 0 Å². The van der Waals surface area contributed by atoms with E-state index >= 15 is 0 Å². The number of hydrogen-bond donors (Lipinski definition) is 0. The first-order chi connectivity index (χ1) is 7.07. The zero-order valence-corrected chi connectivity index (χ0v) is 13.5. The monoisotopic (exact) mass is 310 g/mol. The molecule has 130 valence electrons. The highest BCUT2D eigenvalue weighted by atomic mass is 19.0. The third kappa shape index (κ3) is 1420. The molecule has 5 heteroatoms. The van der Waals surface area contributed by atoms with E-state index in [9.17, 15) is 0 Å². The van der Waals surface area contributed by atoms with Crippen LogP contribution in [0.5, 0.6) is 0 Å². The van der Waals surface area contributed by atoms with Crippen molar-refractivity contribution in [3.05, 3.63) is 63.3 Å². The van der Waals surface area contributed by atoms with Crippen LogP contribution < -0.4 is 0 Å². The Morgan fingerprint density at radius 3 is 0.350 bits per heavy atom. The molecule has 20 heavy (non-hydrogen) atoms. The van der Waals surface area contributed by atoms with Crippen LogP contribution in [-0.2, 0) is 0 Å². The molecule has 0 atom stereocenters. The Balaban J connectivity index is -0.00000000735. The predicted octanol–water partition coefficient (Wildman–Crippen LogP) is 6.72. The lowest BCUT2D eigenvalue weighted by molar-refractivity contribution is 1.11. The van der Waals surface area contributed by atoms with E-state index in [1.165, 1.54) is 0 Å². The minimum Gasteiger partial charge on any atom is -0.269 e. The van der Waals surface area contributed by atoms with Crippen LogP contribution in [-0.4, -0.2) is 0 Å². The summed E-state index contributed by atoms with van der Waals surface area (Å²) in [5.41, 5.74) is 0. The van der Waals surface area contributed by atoms with Crippen molar-refractivity contribution < 1.29 is 23.5 Å². The van der Waals surface area contributed by atoms with Crippen molar-refractivity contribution in [3.63, 3.8) is 0 Å². The molecule has 0 aromatic carbocycles. The normalized spacial score (nSPS) is 3.25. The fourth-order valence-electron chi connectivity index (χ4n) is 0. The molecule has 0 fully saturated rings. The molecule has 0 N–H and O–H groups in total. The van der Waals surface area contributed by atoms with E-state index in [4.69, 9.17) is 0 Å². The van der Waals surface area contributed by atoms with Crippen LogP contribution in [0, 0.1) is 0 Å². The zero-order chi connectivity index (χ0) is 13.5. The SMILES string of the molecule is C=CC.C=CC.C=CC.C=CC.C=CC.F.F.F.F.F. The predicted molar refractivity (Wildman–Crippen MR) is 91.9 cm³/mol. The second-order valence-electron chi connectivity index (χ2n) is 2.04. The fourth-order valence-corrected chi connectivity index (χ4v) is 0. The molecule has 0 nitrogen and oxygen atoms in total. The summed E-state index contributed by atoms with van der Waals surface area (Å²) in [6.45, 7) is 26.2. The van der Waals surface area contributed by atoms with Crippen LogP contribution in [0.4, 0.5) is 23.5 Å². The number of halogens is 5. The lowest BCUT2D eigenvalue weighted by atomic mass is 10.8. The Hall–Kier alpha value is -1.65. The van der Waals surface area contributed by atoms with Gasteiger partial charge in [-0.1, -0.05) is 30.4 Å². The van der Waals surface area contributed by atoms with Gasteiger partial charge in [-0.25, -0.2) is 0 Å². The zero-order valence-electron chi connectivity index (χ0n) is 13.5. The molecule has 0 heterocycles. The number of hydrogen-bond acceptors (Lipinski definition) is 0. The Bertz CT molecular complexity index is 88.6. The first kappa shape index (κ1) is 79.2. The van der Waals surface area contributed by atoms with E-state index in [0.717, 1.165) is 0 Å². The number of allylic oxidation sites excluding steroid dienone is 5. The first-order valence-corrected chi connectivity index (χ1v) is 4.93. The average Bonchev–Trinajstić information content (AvgIpc) is 2.09. The molecular formula is C15H35F5. The van der Waals surface area contributed by atoms with Crippen LogP contribution in [0.3, 0.4) is 0 Å². The van der Waals surface area contributed by atoms with Gasteiger partial charge in [0.1, 0.15) is 0 Å². The highest BCUT2D eigenvalue weighted by molar-refractivity contribution is 4.52. The molecular weight excluding hydrogens is 275 g/mol. The van der Waals surface area contributed by atoms with Gasteiger partial charge in [0.05, 0.1) is 0 Å². The van der Waals surface area contributed by atoms with Crippen LogP contribution in [0.15, 0.2) is 63.3 Å². The molecule has 0 aromatic rings.